The van der Waals surface area contributed by atoms with Crippen LogP contribution in [0.1, 0.15) is 38.6 Å². The monoisotopic (exact) mass is 339 g/mol. The molecule has 0 aliphatic rings. The summed E-state index contributed by atoms with van der Waals surface area (Å²) in [5.74, 6) is -0.269. The van der Waals surface area contributed by atoms with Crippen molar-refractivity contribution in [1.29, 1.82) is 0 Å². The molecule has 1 atom stereocenters. The van der Waals surface area contributed by atoms with Gasteiger partial charge in [0.2, 0.25) is 5.91 Å². The zero-order valence-electron chi connectivity index (χ0n) is 14.3. The first-order chi connectivity index (χ1) is 11.2. The first kappa shape index (κ1) is 18.1. The third-order valence-corrected chi connectivity index (χ3v) is 3.83. The summed E-state index contributed by atoms with van der Waals surface area (Å²) in [7, 11) is 0. The van der Waals surface area contributed by atoms with Crippen LogP contribution in [-0.2, 0) is 17.9 Å². The second-order valence-electron chi connectivity index (χ2n) is 6.88. The molecule has 8 heteroatoms. The lowest BCUT2D eigenvalue weighted by Crippen LogP contribution is -2.47. The summed E-state index contributed by atoms with van der Waals surface area (Å²) in [6.45, 7) is 8.16. The highest BCUT2D eigenvalue weighted by molar-refractivity contribution is 5.76. The molecule has 6 nitrogen and oxygen atoms in total. The Morgan fingerprint density at radius 2 is 2.08 bits per heavy atom. The Bertz CT molecular complexity index is 673. The highest BCUT2D eigenvalue weighted by Crippen LogP contribution is 2.21. The Balaban J connectivity index is 2.05. The van der Waals surface area contributed by atoms with Crippen molar-refractivity contribution >= 4 is 5.91 Å². The normalized spacial score (nSPS) is 13.3. The molecule has 0 saturated carbocycles. The van der Waals surface area contributed by atoms with Crippen LogP contribution in [0.15, 0.2) is 24.5 Å². The molecule has 2 rings (SSSR count). The maximum atomic E-state index is 12.7. The van der Waals surface area contributed by atoms with E-state index in [-0.39, 0.29) is 29.6 Å². The van der Waals surface area contributed by atoms with Gasteiger partial charge in [-0.05, 0) is 24.5 Å². The third kappa shape index (κ3) is 4.62. The maximum absolute atomic E-state index is 12.7. The number of carbonyl (C=O) groups is 1. The molecule has 2 aromatic rings. The lowest BCUT2D eigenvalue weighted by atomic mass is 9.86. The van der Waals surface area contributed by atoms with E-state index in [1.165, 1.54) is 10.7 Å². The lowest BCUT2D eigenvalue weighted by Gasteiger charge is -2.31. The first-order valence-electron chi connectivity index (χ1n) is 7.76. The van der Waals surface area contributed by atoms with Crippen LogP contribution in [-0.4, -0.2) is 31.5 Å². The number of hydrogen-bond donors (Lipinski definition) is 1. The molecule has 24 heavy (non-hydrogen) atoms. The summed E-state index contributed by atoms with van der Waals surface area (Å²) in [5, 5.41) is 10.9. The van der Waals surface area contributed by atoms with E-state index in [1.807, 2.05) is 33.0 Å². The summed E-state index contributed by atoms with van der Waals surface area (Å²) >= 11 is 0. The van der Waals surface area contributed by atoms with Gasteiger partial charge in [-0.25, -0.2) is 8.78 Å². The lowest BCUT2D eigenvalue weighted by molar-refractivity contribution is -0.123. The van der Waals surface area contributed by atoms with Gasteiger partial charge in [-0.3, -0.25) is 14.2 Å². The van der Waals surface area contributed by atoms with Gasteiger partial charge < -0.3 is 5.32 Å². The summed E-state index contributed by atoms with van der Waals surface area (Å²) in [6.07, 6.45) is 0.868. The molecule has 0 fully saturated rings. The molecule has 2 aromatic heterocycles. The quantitative estimate of drug-likeness (QED) is 0.880. The van der Waals surface area contributed by atoms with E-state index >= 15 is 0 Å². The molecule has 2 heterocycles. The second-order valence-corrected chi connectivity index (χ2v) is 6.88. The second kappa shape index (κ2) is 7.11. The molecule has 0 unspecified atom stereocenters. The van der Waals surface area contributed by atoms with Crippen molar-refractivity contribution in [2.75, 3.05) is 0 Å². The van der Waals surface area contributed by atoms with Crippen LogP contribution in [0.3, 0.4) is 0 Å². The zero-order valence-corrected chi connectivity index (χ0v) is 14.3. The highest BCUT2D eigenvalue weighted by atomic mass is 19.3. The van der Waals surface area contributed by atoms with Gasteiger partial charge in [-0.1, -0.05) is 20.8 Å². The fraction of sp³-hybridized carbons (Fsp3) is 0.562. The first-order valence-corrected chi connectivity index (χ1v) is 7.76. The van der Waals surface area contributed by atoms with E-state index in [0.717, 1.165) is 0 Å². The van der Waals surface area contributed by atoms with E-state index in [9.17, 15) is 13.6 Å². The smallest absolute Gasteiger partial charge is 0.282 e. The molecule has 0 spiro atoms. The minimum atomic E-state index is -2.64. The molecular weight excluding hydrogens is 316 g/mol. The van der Waals surface area contributed by atoms with E-state index in [0.29, 0.717) is 12.2 Å². The average molecular weight is 339 g/mol. The number of hydrogen-bond acceptors (Lipinski definition) is 3. The molecule has 132 valence electrons. The number of halogens is 2. The standard InChI is InChI=1S/C16H23F2N5O/c1-11-8-12(15(17)18)21-23(11)10-14(24)20-13(16(2,3)4)9-22-7-5-6-19-22/h5-8,13,15H,9-10H2,1-4H3,(H,20,24)/t13-/m0/s1. The zero-order chi connectivity index (χ0) is 17.9. The van der Waals surface area contributed by atoms with Gasteiger partial charge in [0.25, 0.3) is 6.43 Å². The molecule has 0 saturated heterocycles. The van der Waals surface area contributed by atoms with Crippen molar-refractivity contribution in [1.82, 2.24) is 24.9 Å². The fourth-order valence-corrected chi connectivity index (χ4v) is 2.31. The van der Waals surface area contributed by atoms with E-state index < -0.39 is 6.43 Å². The van der Waals surface area contributed by atoms with Crippen molar-refractivity contribution in [3.63, 3.8) is 0 Å². The number of aromatic nitrogens is 4. The van der Waals surface area contributed by atoms with Gasteiger partial charge in [0.1, 0.15) is 12.2 Å². The molecule has 0 aliphatic heterocycles. The minimum absolute atomic E-state index is 0.0930. The van der Waals surface area contributed by atoms with E-state index in [4.69, 9.17) is 0 Å². The van der Waals surface area contributed by atoms with Gasteiger partial charge in [-0.15, -0.1) is 0 Å². The van der Waals surface area contributed by atoms with Crippen LogP contribution in [0.4, 0.5) is 8.78 Å². The molecular formula is C16H23F2N5O. The SMILES string of the molecule is Cc1cc(C(F)F)nn1CC(=O)N[C@@H](Cn1cccn1)C(C)(C)C. The van der Waals surface area contributed by atoms with Crippen LogP contribution in [0.5, 0.6) is 0 Å². The number of nitrogens with one attached hydrogen (secondary N) is 1. The predicted octanol–water partition coefficient (Wildman–Crippen LogP) is 2.56. The predicted molar refractivity (Wildman–Crippen MR) is 85.5 cm³/mol. The summed E-state index contributed by atoms with van der Waals surface area (Å²) in [6, 6.07) is 2.96. The van der Waals surface area contributed by atoms with Gasteiger partial charge in [0, 0.05) is 18.1 Å². The van der Waals surface area contributed by atoms with Crippen molar-refractivity contribution < 1.29 is 13.6 Å². The van der Waals surface area contributed by atoms with Gasteiger partial charge >= 0.3 is 0 Å². The Morgan fingerprint density at radius 3 is 2.58 bits per heavy atom. The van der Waals surface area contributed by atoms with Crippen molar-refractivity contribution in [3.8, 4) is 0 Å². The van der Waals surface area contributed by atoms with E-state index in [2.05, 4.69) is 15.5 Å². The van der Waals surface area contributed by atoms with Crippen molar-refractivity contribution in [3.05, 3.63) is 35.9 Å². The Kier molecular flexibility index (Phi) is 5.36. The topological polar surface area (TPSA) is 64.7 Å². The maximum Gasteiger partial charge on any atom is 0.282 e. The van der Waals surface area contributed by atoms with Crippen molar-refractivity contribution in [2.45, 2.75) is 53.3 Å². The van der Waals surface area contributed by atoms with Crippen LogP contribution < -0.4 is 5.32 Å². The Hall–Kier alpha value is -2.25. The summed E-state index contributed by atoms with van der Waals surface area (Å²) < 4.78 is 28.4. The number of rotatable bonds is 6. The highest BCUT2D eigenvalue weighted by Gasteiger charge is 2.27. The molecule has 0 aromatic carbocycles. The number of aryl methyl sites for hydroxylation is 1. The molecule has 1 amide bonds. The number of nitrogens with zero attached hydrogens (tertiary/aromatic N) is 4. The van der Waals surface area contributed by atoms with Crippen molar-refractivity contribution in [2.24, 2.45) is 5.41 Å². The summed E-state index contributed by atoms with van der Waals surface area (Å²) in [5.41, 5.74) is 0.0265. The molecule has 1 N–H and O–H groups in total. The van der Waals surface area contributed by atoms with Gasteiger partial charge in [0.05, 0.1) is 12.6 Å². The Morgan fingerprint density at radius 1 is 1.38 bits per heavy atom. The number of alkyl halides is 2. The third-order valence-electron chi connectivity index (χ3n) is 3.83. The number of amides is 1. The van der Waals surface area contributed by atoms with Crippen LogP contribution in [0, 0.1) is 12.3 Å². The summed E-state index contributed by atoms with van der Waals surface area (Å²) in [4.78, 5) is 12.3. The number of carbonyl (C=O) groups excluding carboxylic acids is 1. The fourth-order valence-electron chi connectivity index (χ4n) is 2.31. The van der Waals surface area contributed by atoms with Crippen LogP contribution >= 0.6 is 0 Å². The molecule has 0 radical (unpaired) electrons. The van der Waals surface area contributed by atoms with Gasteiger partial charge in [-0.2, -0.15) is 10.2 Å². The van der Waals surface area contributed by atoms with Gasteiger partial charge in [0.15, 0.2) is 0 Å². The molecule has 0 bridgehead atoms. The molecule has 0 aliphatic carbocycles. The average Bonchev–Trinajstić information content (AvgIpc) is 3.08. The minimum Gasteiger partial charge on any atom is -0.349 e. The van der Waals surface area contributed by atoms with Crippen LogP contribution in [0.2, 0.25) is 0 Å². The largest absolute Gasteiger partial charge is 0.349 e. The van der Waals surface area contributed by atoms with E-state index in [1.54, 1.807) is 17.8 Å². The van der Waals surface area contributed by atoms with Crippen LogP contribution in [0.25, 0.3) is 0 Å². The Labute approximate surface area is 139 Å².